The maximum atomic E-state index is 4.27. The van der Waals surface area contributed by atoms with Crippen LogP contribution in [0, 0.1) is 6.33 Å². The van der Waals surface area contributed by atoms with E-state index in [-0.39, 0.29) is 0 Å². The van der Waals surface area contributed by atoms with Gasteiger partial charge in [-0.1, -0.05) is 24.3 Å². The molecule has 0 amide bonds. The van der Waals surface area contributed by atoms with Crippen LogP contribution in [0.1, 0.15) is 0 Å². The first-order valence-corrected chi connectivity index (χ1v) is 5.43. The van der Waals surface area contributed by atoms with E-state index < -0.39 is 0 Å². The highest BCUT2D eigenvalue weighted by Gasteiger charge is 2.01. The fourth-order valence-corrected chi connectivity index (χ4v) is 1.67. The second-order valence-corrected chi connectivity index (χ2v) is 3.66. The second-order valence-electron chi connectivity index (χ2n) is 3.66. The Balaban J connectivity index is 1.99. The minimum absolute atomic E-state index is 0.863. The predicted molar refractivity (Wildman–Crippen MR) is 63.9 cm³/mol. The highest BCUT2D eigenvalue weighted by atomic mass is 15.1. The molecule has 2 heterocycles. The molecule has 82 valence electrons. The van der Waals surface area contributed by atoms with Gasteiger partial charge in [0.25, 0.3) is 6.33 Å². The molecule has 3 heteroatoms. The average molecular weight is 221 g/mol. The van der Waals surface area contributed by atoms with Crippen molar-refractivity contribution in [2.75, 3.05) is 0 Å². The standard InChI is InChI=1S/C14H11N3/c1-2-6-13(7-3-1)16-10-11-17(12-16)14-8-4-5-9-15-14/h1-11H. The van der Waals surface area contributed by atoms with Gasteiger partial charge in [0.15, 0.2) is 5.82 Å². The zero-order chi connectivity index (χ0) is 11.5. The summed E-state index contributed by atoms with van der Waals surface area (Å²) in [5.74, 6) is 0.863. The molecule has 0 atom stereocenters. The maximum absolute atomic E-state index is 4.27. The summed E-state index contributed by atoms with van der Waals surface area (Å²) in [5.41, 5.74) is 1.09. The first-order valence-electron chi connectivity index (χ1n) is 5.43. The van der Waals surface area contributed by atoms with Crippen LogP contribution in [0.2, 0.25) is 0 Å². The number of hydrogen-bond donors (Lipinski definition) is 0. The normalized spacial score (nSPS) is 10.4. The van der Waals surface area contributed by atoms with Crippen LogP contribution >= 0.6 is 0 Å². The summed E-state index contributed by atoms with van der Waals surface area (Å²) in [6.45, 7) is 0. The van der Waals surface area contributed by atoms with Crippen molar-refractivity contribution in [1.82, 2.24) is 9.55 Å². The Hall–Kier alpha value is -2.42. The van der Waals surface area contributed by atoms with Crippen molar-refractivity contribution in [1.29, 1.82) is 0 Å². The molecule has 0 bridgehead atoms. The smallest absolute Gasteiger partial charge is 0.270 e. The molecule has 3 rings (SSSR count). The van der Waals surface area contributed by atoms with Crippen LogP contribution in [-0.4, -0.2) is 9.55 Å². The number of benzene rings is 1. The number of pyridine rings is 1. The van der Waals surface area contributed by atoms with E-state index >= 15 is 0 Å². The van der Waals surface area contributed by atoms with Gasteiger partial charge in [-0.05, 0) is 24.3 Å². The van der Waals surface area contributed by atoms with Gasteiger partial charge < -0.3 is 0 Å². The third-order valence-electron chi connectivity index (χ3n) is 2.51. The fraction of sp³-hybridized carbons (Fsp3) is 0. The van der Waals surface area contributed by atoms with E-state index in [1.165, 1.54) is 0 Å². The molecule has 3 aromatic rings. The molecule has 2 aromatic heterocycles. The summed E-state index contributed by atoms with van der Waals surface area (Å²) >= 11 is 0. The number of rotatable bonds is 2. The molecule has 0 radical (unpaired) electrons. The SMILES string of the molecule is [c-]1n(-c2ccccn2)cc[n+]1-c1ccccc1. The van der Waals surface area contributed by atoms with Crippen LogP contribution in [0.15, 0.2) is 67.1 Å². The zero-order valence-electron chi connectivity index (χ0n) is 9.19. The van der Waals surface area contributed by atoms with Gasteiger partial charge in [-0.15, -0.1) is 0 Å². The number of nitrogens with zero attached hydrogens (tertiary/aromatic N) is 3. The summed E-state index contributed by atoms with van der Waals surface area (Å²) in [7, 11) is 0. The van der Waals surface area contributed by atoms with Gasteiger partial charge in [-0.25, -0.2) is 0 Å². The number of imidazole rings is 1. The Bertz CT molecular complexity index is 546. The lowest BCUT2D eigenvalue weighted by Crippen LogP contribution is -2.27. The topological polar surface area (TPSA) is 21.7 Å². The molecule has 0 unspecified atom stereocenters. The molecule has 0 N–H and O–H groups in total. The third kappa shape index (κ3) is 1.95. The van der Waals surface area contributed by atoms with Crippen LogP contribution in [0.3, 0.4) is 0 Å². The molecule has 0 spiro atoms. The van der Waals surface area contributed by atoms with Gasteiger partial charge in [-0.2, -0.15) is 0 Å². The molecule has 0 saturated heterocycles. The fourth-order valence-electron chi connectivity index (χ4n) is 1.67. The molecule has 0 aliphatic rings. The van der Waals surface area contributed by atoms with Crippen LogP contribution in [0.25, 0.3) is 11.5 Å². The van der Waals surface area contributed by atoms with Crippen molar-refractivity contribution in [3.63, 3.8) is 0 Å². The molecule has 0 saturated carbocycles. The van der Waals surface area contributed by atoms with Crippen molar-refractivity contribution in [2.45, 2.75) is 0 Å². The molecule has 3 nitrogen and oxygen atoms in total. The summed E-state index contributed by atoms with van der Waals surface area (Å²) in [4.78, 5) is 4.27. The van der Waals surface area contributed by atoms with Gasteiger partial charge in [0.1, 0.15) is 0 Å². The van der Waals surface area contributed by atoms with Gasteiger partial charge >= 0.3 is 0 Å². The minimum Gasteiger partial charge on any atom is -0.299 e. The zero-order valence-corrected chi connectivity index (χ0v) is 9.19. The van der Waals surface area contributed by atoms with Crippen LogP contribution in [0.4, 0.5) is 0 Å². The van der Waals surface area contributed by atoms with Crippen molar-refractivity contribution in [3.8, 4) is 11.5 Å². The van der Waals surface area contributed by atoms with E-state index in [1.54, 1.807) is 6.20 Å². The Morgan fingerprint density at radius 2 is 1.82 bits per heavy atom. The summed E-state index contributed by atoms with van der Waals surface area (Å²) in [6, 6.07) is 15.9. The van der Waals surface area contributed by atoms with E-state index in [0.717, 1.165) is 11.5 Å². The number of hydrogen-bond acceptors (Lipinski definition) is 1. The van der Waals surface area contributed by atoms with E-state index in [2.05, 4.69) is 11.3 Å². The molecule has 0 aliphatic carbocycles. The minimum atomic E-state index is 0.863. The van der Waals surface area contributed by atoms with Crippen LogP contribution in [-0.2, 0) is 0 Å². The van der Waals surface area contributed by atoms with E-state index in [4.69, 9.17) is 0 Å². The Labute approximate surface area is 99.6 Å². The maximum Gasteiger partial charge on any atom is 0.270 e. The quantitative estimate of drug-likeness (QED) is 0.479. The molecular weight excluding hydrogens is 210 g/mol. The average Bonchev–Trinajstić information content (AvgIpc) is 2.90. The van der Waals surface area contributed by atoms with Crippen molar-refractivity contribution in [2.24, 2.45) is 0 Å². The summed E-state index contributed by atoms with van der Waals surface area (Å²) in [6.07, 6.45) is 8.89. The second kappa shape index (κ2) is 4.22. The Morgan fingerprint density at radius 3 is 2.59 bits per heavy atom. The number of para-hydroxylation sites is 1. The highest BCUT2D eigenvalue weighted by Crippen LogP contribution is 2.02. The Morgan fingerprint density at radius 1 is 1.00 bits per heavy atom. The number of aromatic nitrogens is 3. The molecule has 17 heavy (non-hydrogen) atoms. The molecule has 1 aromatic carbocycles. The van der Waals surface area contributed by atoms with Gasteiger partial charge in [0.2, 0.25) is 0 Å². The Kier molecular flexibility index (Phi) is 2.43. The van der Waals surface area contributed by atoms with Crippen molar-refractivity contribution >= 4 is 0 Å². The van der Waals surface area contributed by atoms with Crippen molar-refractivity contribution in [3.05, 3.63) is 73.4 Å². The van der Waals surface area contributed by atoms with Crippen LogP contribution < -0.4 is 4.57 Å². The van der Waals surface area contributed by atoms with E-state index in [0.29, 0.717) is 0 Å². The highest BCUT2D eigenvalue weighted by molar-refractivity contribution is 5.23. The monoisotopic (exact) mass is 221 g/mol. The van der Waals surface area contributed by atoms with Gasteiger partial charge in [-0.3, -0.25) is 14.1 Å². The van der Waals surface area contributed by atoms with Crippen molar-refractivity contribution < 1.29 is 4.57 Å². The first kappa shape index (κ1) is 9.78. The third-order valence-corrected chi connectivity index (χ3v) is 2.51. The molecular formula is C14H11N3. The van der Waals surface area contributed by atoms with Gasteiger partial charge in [0, 0.05) is 18.6 Å². The lowest BCUT2D eigenvalue weighted by molar-refractivity contribution is -0.599. The summed E-state index contributed by atoms with van der Waals surface area (Å²) in [5, 5.41) is 0. The summed E-state index contributed by atoms with van der Waals surface area (Å²) < 4.78 is 3.81. The van der Waals surface area contributed by atoms with E-state index in [1.807, 2.05) is 70.1 Å². The lowest BCUT2D eigenvalue weighted by atomic mass is 10.3. The lowest BCUT2D eigenvalue weighted by Gasteiger charge is -1.99. The first-order chi connectivity index (χ1) is 8.43. The van der Waals surface area contributed by atoms with Crippen LogP contribution in [0.5, 0.6) is 0 Å². The molecule has 0 fully saturated rings. The molecule has 0 aliphatic heterocycles. The largest absolute Gasteiger partial charge is 0.299 e. The predicted octanol–water partition coefficient (Wildman–Crippen LogP) is 1.95. The van der Waals surface area contributed by atoms with E-state index in [9.17, 15) is 0 Å². The van der Waals surface area contributed by atoms with Gasteiger partial charge in [0.05, 0.1) is 5.69 Å².